The minimum Gasteiger partial charge on any atom is -0.480 e. The zero-order valence-corrected chi connectivity index (χ0v) is 26.3. The predicted molar refractivity (Wildman–Crippen MR) is 159 cm³/mol. The molecular weight excluding hydrogens is 665 g/mol. The summed E-state index contributed by atoms with van der Waals surface area (Å²) in [6, 6.07) is 6.28. The summed E-state index contributed by atoms with van der Waals surface area (Å²) in [5.74, 6) is -6.71. The maximum absolute atomic E-state index is 12.7. The second kappa shape index (κ2) is 18.8. The lowest BCUT2D eigenvalue weighted by molar-refractivity contribution is -0.192. The molecule has 3 rings (SSSR count). The second-order valence-corrected chi connectivity index (χ2v) is 10.8. The molecule has 0 bridgehead atoms. The first-order chi connectivity index (χ1) is 23.0. The number of carbonyl (C=O) groups is 8. The zero-order chi connectivity index (χ0) is 36.7. The number of likely N-dealkylation sites (tertiary alicyclic amines) is 2. The summed E-state index contributed by atoms with van der Waals surface area (Å²) in [4.78, 5) is 97.1. The largest absolute Gasteiger partial charge is 0.490 e. The minimum atomic E-state index is -5.08. The molecule has 3 atom stereocenters. The van der Waals surface area contributed by atoms with E-state index in [0.29, 0.717) is 32.2 Å². The number of halogens is 3. The lowest BCUT2D eigenvalue weighted by Crippen LogP contribution is -2.52. The second-order valence-electron chi connectivity index (χ2n) is 10.8. The molecule has 1 aromatic carbocycles. The van der Waals surface area contributed by atoms with Gasteiger partial charge in [-0.3, -0.25) is 28.8 Å². The Labute approximate surface area is 277 Å². The molecule has 0 spiro atoms. The van der Waals surface area contributed by atoms with Gasteiger partial charge < -0.3 is 46.0 Å². The third-order valence-electron chi connectivity index (χ3n) is 7.18. The van der Waals surface area contributed by atoms with Crippen molar-refractivity contribution in [1.82, 2.24) is 31.1 Å². The van der Waals surface area contributed by atoms with Crippen LogP contribution >= 0.6 is 0 Å². The highest BCUT2D eigenvalue weighted by atomic mass is 19.4. The fourth-order valence-corrected chi connectivity index (χ4v) is 4.69. The Hall–Kier alpha value is -5.43. The smallest absolute Gasteiger partial charge is 0.480 e. The van der Waals surface area contributed by atoms with Crippen molar-refractivity contribution in [1.29, 1.82) is 0 Å². The lowest BCUT2D eigenvalue weighted by Gasteiger charge is -2.25. The number of carbonyl (C=O) groups excluding carboxylic acids is 6. The number of rotatable bonds is 12. The molecule has 0 unspecified atom stereocenters. The SMILES string of the molecule is C[C@H](NC(=O)[C@@H]1CCCN1C(=O)CNC(=O)CNC(=O)[C@@H]1CCCN1C(=O)CNC(=O)OCc1ccccc1)C(=O)O.O=C(O)C(F)(F)F. The Bertz CT molecular complexity index is 1380. The number of hydrogen-bond donors (Lipinski definition) is 6. The Kier molecular flexibility index (Phi) is 15.2. The van der Waals surface area contributed by atoms with E-state index in [-0.39, 0.29) is 19.7 Å². The molecule has 0 aliphatic carbocycles. The van der Waals surface area contributed by atoms with Gasteiger partial charge in [0, 0.05) is 13.1 Å². The van der Waals surface area contributed by atoms with Crippen LogP contribution in [0.15, 0.2) is 30.3 Å². The van der Waals surface area contributed by atoms with Crippen molar-refractivity contribution in [3.63, 3.8) is 0 Å². The first-order valence-electron chi connectivity index (χ1n) is 14.9. The third kappa shape index (κ3) is 13.3. The average molecular weight is 703 g/mol. The van der Waals surface area contributed by atoms with Gasteiger partial charge in [0.1, 0.15) is 31.3 Å². The van der Waals surface area contributed by atoms with Crippen molar-refractivity contribution in [2.24, 2.45) is 0 Å². The normalized spacial score (nSPS) is 17.5. The van der Waals surface area contributed by atoms with Crippen LogP contribution in [0.2, 0.25) is 0 Å². The summed E-state index contributed by atoms with van der Waals surface area (Å²) < 4.78 is 36.8. The maximum atomic E-state index is 12.7. The van der Waals surface area contributed by atoms with Gasteiger partial charge in [0.15, 0.2) is 0 Å². The Morgan fingerprint density at radius 2 is 1.33 bits per heavy atom. The molecule has 1 aromatic rings. The number of alkyl halides is 3. The van der Waals surface area contributed by atoms with E-state index < -0.39 is 85.0 Å². The fourth-order valence-electron chi connectivity index (χ4n) is 4.69. The number of aliphatic carboxylic acids is 2. The molecule has 270 valence electrons. The zero-order valence-electron chi connectivity index (χ0n) is 26.3. The molecular formula is C29H37F3N6O11. The van der Waals surface area contributed by atoms with Crippen LogP contribution in [0, 0.1) is 0 Å². The molecule has 20 heteroatoms. The van der Waals surface area contributed by atoms with Gasteiger partial charge in [0.25, 0.3) is 0 Å². The average Bonchev–Trinajstić information content (AvgIpc) is 3.75. The number of hydrogen-bond acceptors (Lipinski definition) is 9. The van der Waals surface area contributed by atoms with Crippen molar-refractivity contribution >= 4 is 47.6 Å². The number of nitrogens with one attached hydrogen (secondary N) is 4. The van der Waals surface area contributed by atoms with Crippen LogP contribution in [-0.4, -0.2) is 125 Å². The van der Waals surface area contributed by atoms with E-state index >= 15 is 0 Å². The molecule has 0 radical (unpaired) electrons. The quantitative estimate of drug-likeness (QED) is 0.160. The topological polar surface area (TPSA) is 241 Å². The Morgan fingerprint density at radius 3 is 1.84 bits per heavy atom. The van der Waals surface area contributed by atoms with Crippen molar-refractivity contribution in [3.05, 3.63) is 35.9 Å². The monoisotopic (exact) mass is 702 g/mol. The third-order valence-corrected chi connectivity index (χ3v) is 7.18. The van der Waals surface area contributed by atoms with Gasteiger partial charge in [-0.25, -0.2) is 9.59 Å². The van der Waals surface area contributed by atoms with Gasteiger partial charge >= 0.3 is 24.2 Å². The molecule has 2 saturated heterocycles. The van der Waals surface area contributed by atoms with Crippen molar-refractivity contribution in [2.75, 3.05) is 32.7 Å². The van der Waals surface area contributed by atoms with Crippen LogP contribution in [0.5, 0.6) is 0 Å². The van der Waals surface area contributed by atoms with Gasteiger partial charge in [0.05, 0.1) is 13.1 Å². The van der Waals surface area contributed by atoms with E-state index in [4.69, 9.17) is 19.7 Å². The van der Waals surface area contributed by atoms with Crippen LogP contribution in [-0.2, 0) is 44.9 Å². The van der Waals surface area contributed by atoms with Gasteiger partial charge in [0.2, 0.25) is 29.5 Å². The Balaban J connectivity index is 0.00000107. The maximum Gasteiger partial charge on any atom is 0.490 e. The molecule has 6 N–H and O–H groups in total. The van der Waals surface area contributed by atoms with Gasteiger partial charge in [-0.15, -0.1) is 0 Å². The number of ether oxygens (including phenoxy) is 1. The first-order valence-corrected chi connectivity index (χ1v) is 14.9. The fraction of sp³-hybridized carbons (Fsp3) is 0.517. The molecule has 2 fully saturated rings. The Morgan fingerprint density at radius 1 is 0.816 bits per heavy atom. The molecule has 49 heavy (non-hydrogen) atoms. The van der Waals surface area contributed by atoms with E-state index in [1.54, 1.807) is 12.1 Å². The van der Waals surface area contributed by atoms with Gasteiger partial charge in [-0.05, 0) is 38.2 Å². The molecule has 0 saturated carbocycles. The number of amides is 6. The van der Waals surface area contributed by atoms with Crippen LogP contribution in [0.25, 0.3) is 0 Å². The summed E-state index contributed by atoms with van der Waals surface area (Å²) in [6.45, 7) is 0.762. The number of carboxylic acid groups (broad SMARTS) is 2. The van der Waals surface area contributed by atoms with E-state index in [0.717, 1.165) is 5.56 Å². The van der Waals surface area contributed by atoms with Crippen molar-refractivity contribution in [3.8, 4) is 0 Å². The van der Waals surface area contributed by atoms with E-state index in [1.807, 2.05) is 18.2 Å². The summed E-state index contributed by atoms with van der Waals surface area (Å²) in [7, 11) is 0. The number of carboxylic acids is 2. The summed E-state index contributed by atoms with van der Waals surface area (Å²) in [5, 5.41) is 25.7. The van der Waals surface area contributed by atoms with E-state index in [9.17, 15) is 46.7 Å². The van der Waals surface area contributed by atoms with Crippen LogP contribution in [0.1, 0.15) is 38.2 Å². The molecule has 2 aliphatic rings. The number of alkyl carbamates (subject to hydrolysis) is 1. The molecule has 0 aromatic heterocycles. The summed E-state index contributed by atoms with van der Waals surface area (Å²) in [6.07, 6.45) is -3.98. The van der Waals surface area contributed by atoms with Gasteiger partial charge in [-0.1, -0.05) is 30.3 Å². The predicted octanol–water partition coefficient (Wildman–Crippen LogP) is -0.650. The number of benzene rings is 1. The highest BCUT2D eigenvalue weighted by Crippen LogP contribution is 2.18. The summed E-state index contributed by atoms with van der Waals surface area (Å²) >= 11 is 0. The van der Waals surface area contributed by atoms with Crippen LogP contribution in [0.3, 0.4) is 0 Å². The van der Waals surface area contributed by atoms with Gasteiger partial charge in [-0.2, -0.15) is 13.2 Å². The number of nitrogens with zero attached hydrogens (tertiary/aromatic N) is 2. The first kappa shape index (κ1) is 39.7. The van der Waals surface area contributed by atoms with E-state index in [1.165, 1.54) is 16.7 Å². The minimum absolute atomic E-state index is 0.0449. The van der Waals surface area contributed by atoms with E-state index in [2.05, 4.69) is 21.3 Å². The molecule has 6 amide bonds. The highest BCUT2D eigenvalue weighted by Gasteiger charge is 2.38. The molecule has 2 aliphatic heterocycles. The molecule has 2 heterocycles. The molecule has 17 nitrogen and oxygen atoms in total. The van der Waals surface area contributed by atoms with Crippen LogP contribution < -0.4 is 21.3 Å². The van der Waals surface area contributed by atoms with Crippen molar-refractivity contribution in [2.45, 2.75) is 63.5 Å². The lowest BCUT2D eigenvalue weighted by atomic mass is 10.2. The highest BCUT2D eigenvalue weighted by molar-refractivity contribution is 5.94. The van der Waals surface area contributed by atoms with Crippen molar-refractivity contribution < 1.29 is 66.5 Å². The standard InChI is InChI=1S/C27H36N6O9.C2HF3O2/c1-17(26(39)40)31-25(38)20-10-6-12-33(20)22(35)14-28-21(34)13-29-24(37)19-9-5-11-32(19)23(36)15-30-27(41)42-16-18-7-3-2-4-8-18;3-2(4,5)1(6)7/h2-4,7-8,17,19-20H,5-6,9-16H2,1H3,(H,28,34)(H,29,37)(H,30,41)(H,31,38)(H,39,40);(H,6,7)/t17-,19-,20-;/m0./s1. The summed E-state index contributed by atoms with van der Waals surface area (Å²) in [5.41, 5.74) is 0.791. The van der Waals surface area contributed by atoms with Crippen LogP contribution in [0.4, 0.5) is 18.0 Å².